The number of unbranched alkanes of at least 4 members (excludes halogenated alkanes) is 1. The first-order valence-corrected chi connectivity index (χ1v) is 9.68. The molecular weight excluding hydrogens is 340 g/mol. The predicted molar refractivity (Wildman–Crippen MR) is 113 cm³/mol. The average molecular weight is 373 g/mol. The summed E-state index contributed by atoms with van der Waals surface area (Å²) in [6.07, 6.45) is 4.12. The Morgan fingerprint density at radius 3 is 2.63 bits per heavy atom. The number of fused-ring (bicyclic) bond motifs is 1. The summed E-state index contributed by atoms with van der Waals surface area (Å²) >= 11 is 0. The van der Waals surface area contributed by atoms with E-state index in [1.165, 1.54) is 0 Å². The summed E-state index contributed by atoms with van der Waals surface area (Å²) in [5.41, 5.74) is 2.80. The molecule has 0 amide bonds. The van der Waals surface area contributed by atoms with Gasteiger partial charge in [-0.15, -0.1) is 0 Å². The van der Waals surface area contributed by atoms with Crippen molar-refractivity contribution in [3.63, 3.8) is 0 Å². The topological polar surface area (TPSA) is 52.5 Å². The number of anilines is 1. The number of ether oxygens (including phenoxy) is 2. The number of hydrogen-bond donors (Lipinski definition) is 1. The number of hydrogen-bond acceptors (Lipinski definition) is 4. The van der Waals surface area contributed by atoms with Gasteiger partial charge in [-0.3, -0.25) is 4.79 Å². The monoisotopic (exact) mass is 372 g/mol. The molecule has 0 saturated carbocycles. The minimum Gasteiger partial charge on any atom is -0.485 e. The molecule has 0 bridgehead atoms. The molecule has 0 saturated heterocycles. The molecule has 27 heavy (non-hydrogen) atoms. The van der Waals surface area contributed by atoms with E-state index in [1.54, 1.807) is 11.6 Å². The molecule has 0 aliphatic carbocycles. The molecule has 0 spiro atoms. The summed E-state index contributed by atoms with van der Waals surface area (Å²) in [4.78, 5) is 12.9. The first-order valence-electron chi connectivity index (χ1n) is 9.68. The van der Waals surface area contributed by atoms with Crippen molar-refractivity contribution in [1.29, 1.82) is 0 Å². The van der Waals surface area contributed by atoms with Crippen molar-refractivity contribution in [3.8, 4) is 11.5 Å². The van der Waals surface area contributed by atoms with Crippen LogP contribution in [0.15, 0.2) is 34.6 Å². The summed E-state index contributed by atoms with van der Waals surface area (Å²) in [7, 11) is 1.77. The number of aromatic nitrogens is 1. The van der Waals surface area contributed by atoms with E-state index in [9.17, 15) is 4.79 Å². The van der Waals surface area contributed by atoms with E-state index in [0.29, 0.717) is 12.4 Å². The normalized spacial score (nSPS) is 10.9. The third-order valence-corrected chi connectivity index (χ3v) is 4.24. The maximum atomic E-state index is 12.9. The molecule has 0 unspecified atom stereocenters. The van der Waals surface area contributed by atoms with Gasteiger partial charge in [0.1, 0.15) is 6.61 Å². The average Bonchev–Trinajstić information content (AvgIpc) is 2.61. The van der Waals surface area contributed by atoms with Crippen molar-refractivity contribution in [2.24, 2.45) is 7.05 Å². The zero-order valence-electron chi connectivity index (χ0n) is 17.4. The number of aryl methyl sites for hydroxylation is 1. The quantitative estimate of drug-likeness (QED) is 0.503. The first-order chi connectivity index (χ1) is 12.8. The summed E-state index contributed by atoms with van der Waals surface area (Å²) in [6.45, 7) is 11.3. The molecule has 1 aromatic heterocycles. The Labute approximate surface area is 162 Å². The second-order valence-electron chi connectivity index (χ2n) is 7.29. The van der Waals surface area contributed by atoms with Gasteiger partial charge < -0.3 is 19.4 Å². The van der Waals surface area contributed by atoms with E-state index in [1.807, 2.05) is 52.0 Å². The third kappa shape index (κ3) is 5.28. The molecule has 0 fully saturated rings. The lowest BCUT2D eigenvalue weighted by Crippen LogP contribution is -2.23. The van der Waals surface area contributed by atoms with E-state index < -0.39 is 0 Å². The Morgan fingerprint density at radius 2 is 2.00 bits per heavy atom. The van der Waals surface area contributed by atoms with Crippen LogP contribution in [0.25, 0.3) is 10.9 Å². The van der Waals surface area contributed by atoms with Crippen LogP contribution in [0.2, 0.25) is 0 Å². The standard InChI is InChI=1S/C22H32N2O3/c1-7-8-12-23-17-9-10-18-19(14-17)24(6)22(25)21(27-16(4)5)20(18)26-13-11-15(2)3/h9-11,14,16,23H,7-8,12-13H2,1-6H3. The Hall–Kier alpha value is -2.43. The summed E-state index contributed by atoms with van der Waals surface area (Å²) < 4.78 is 13.5. The van der Waals surface area contributed by atoms with Crippen LogP contribution in [0.4, 0.5) is 5.69 Å². The zero-order valence-corrected chi connectivity index (χ0v) is 17.4. The van der Waals surface area contributed by atoms with Gasteiger partial charge in [0.2, 0.25) is 5.75 Å². The SMILES string of the molecule is CCCCNc1ccc2c(OCC=C(C)C)c(OC(C)C)c(=O)n(C)c2c1. The fourth-order valence-electron chi connectivity index (χ4n) is 2.78. The Bertz CT molecular complexity index is 862. The maximum Gasteiger partial charge on any atom is 0.297 e. The lowest BCUT2D eigenvalue weighted by molar-refractivity contribution is 0.222. The van der Waals surface area contributed by atoms with E-state index >= 15 is 0 Å². The highest BCUT2D eigenvalue weighted by molar-refractivity contribution is 5.90. The molecule has 5 heteroatoms. The van der Waals surface area contributed by atoms with Crippen LogP contribution in [-0.2, 0) is 7.05 Å². The Morgan fingerprint density at radius 1 is 1.26 bits per heavy atom. The van der Waals surface area contributed by atoms with Crippen LogP contribution in [0.3, 0.4) is 0 Å². The van der Waals surface area contributed by atoms with Gasteiger partial charge >= 0.3 is 0 Å². The smallest absolute Gasteiger partial charge is 0.297 e. The van der Waals surface area contributed by atoms with Gasteiger partial charge in [-0.1, -0.05) is 18.9 Å². The highest BCUT2D eigenvalue weighted by Crippen LogP contribution is 2.34. The summed E-state index contributed by atoms with van der Waals surface area (Å²) in [6, 6.07) is 6.02. The molecule has 0 aliphatic heterocycles. The molecule has 148 valence electrons. The first kappa shape index (κ1) is 20.9. The predicted octanol–water partition coefficient (Wildman–Crippen LogP) is 4.88. The van der Waals surface area contributed by atoms with Crippen molar-refractivity contribution in [1.82, 2.24) is 4.57 Å². The number of rotatable bonds is 9. The molecule has 0 atom stereocenters. The molecule has 2 rings (SSSR count). The second kappa shape index (κ2) is 9.49. The molecule has 2 aromatic rings. The van der Waals surface area contributed by atoms with Crippen molar-refractivity contribution in [3.05, 3.63) is 40.2 Å². The molecule has 1 aromatic carbocycles. The highest BCUT2D eigenvalue weighted by atomic mass is 16.5. The van der Waals surface area contributed by atoms with Gasteiger partial charge in [0.25, 0.3) is 5.56 Å². The molecule has 1 heterocycles. The third-order valence-electron chi connectivity index (χ3n) is 4.24. The Balaban J connectivity index is 2.56. The van der Waals surface area contributed by atoms with Crippen molar-refractivity contribution >= 4 is 16.6 Å². The number of nitrogens with one attached hydrogen (secondary N) is 1. The van der Waals surface area contributed by atoms with E-state index in [4.69, 9.17) is 9.47 Å². The van der Waals surface area contributed by atoms with E-state index in [2.05, 4.69) is 12.2 Å². The molecule has 0 radical (unpaired) electrons. The summed E-state index contributed by atoms with van der Waals surface area (Å²) in [5, 5.41) is 4.28. The van der Waals surface area contributed by atoms with Crippen LogP contribution in [0.5, 0.6) is 11.5 Å². The molecule has 0 aliphatic rings. The minimum absolute atomic E-state index is 0.115. The molecule has 1 N–H and O–H groups in total. The van der Waals surface area contributed by atoms with Crippen LogP contribution < -0.4 is 20.3 Å². The lowest BCUT2D eigenvalue weighted by Gasteiger charge is -2.18. The van der Waals surface area contributed by atoms with Crippen LogP contribution in [0.1, 0.15) is 47.5 Å². The van der Waals surface area contributed by atoms with Crippen LogP contribution >= 0.6 is 0 Å². The highest BCUT2D eigenvalue weighted by Gasteiger charge is 2.19. The largest absolute Gasteiger partial charge is 0.485 e. The van der Waals surface area contributed by atoms with E-state index in [-0.39, 0.29) is 17.4 Å². The summed E-state index contributed by atoms with van der Waals surface area (Å²) in [5.74, 6) is 0.785. The number of nitrogens with zero attached hydrogens (tertiary/aromatic N) is 1. The Kier molecular flexibility index (Phi) is 7.34. The van der Waals surface area contributed by atoms with Gasteiger partial charge in [0.15, 0.2) is 5.75 Å². The number of benzene rings is 1. The zero-order chi connectivity index (χ0) is 20.0. The number of allylic oxidation sites excluding steroid dienone is 1. The van der Waals surface area contributed by atoms with Crippen molar-refractivity contribution in [2.75, 3.05) is 18.5 Å². The van der Waals surface area contributed by atoms with Gasteiger partial charge in [0.05, 0.1) is 11.6 Å². The molecule has 5 nitrogen and oxygen atoms in total. The lowest BCUT2D eigenvalue weighted by atomic mass is 10.1. The van der Waals surface area contributed by atoms with Crippen LogP contribution in [-0.4, -0.2) is 23.8 Å². The minimum atomic E-state index is -0.186. The van der Waals surface area contributed by atoms with Crippen LogP contribution in [0, 0.1) is 0 Å². The number of pyridine rings is 1. The maximum absolute atomic E-state index is 12.9. The van der Waals surface area contributed by atoms with Crippen molar-refractivity contribution in [2.45, 2.75) is 53.6 Å². The fraction of sp³-hybridized carbons (Fsp3) is 0.500. The van der Waals surface area contributed by atoms with Gasteiger partial charge in [0, 0.05) is 24.7 Å². The van der Waals surface area contributed by atoms with E-state index in [0.717, 1.165) is 41.5 Å². The second-order valence-corrected chi connectivity index (χ2v) is 7.29. The van der Waals surface area contributed by atoms with Gasteiger partial charge in [-0.2, -0.15) is 0 Å². The fourth-order valence-corrected chi connectivity index (χ4v) is 2.78. The van der Waals surface area contributed by atoms with Crippen molar-refractivity contribution < 1.29 is 9.47 Å². The van der Waals surface area contributed by atoms with Gasteiger partial charge in [-0.25, -0.2) is 0 Å². The van der Waals surface area contributed by atoms with Gasteiger partial charge in [-0.05, 0) is 58.4 Å². The molecular formula is C22H32N2O3.